The van der Waals surface area contributed by atoms with E-state index in [2.05, 4.69) is 0 Å². The summed E-state index contributed by atoms with van der Waals surface area (Å²) in [5.41, 5.74) is 2.64. The molecule has 2 aromatic rings. The third-order valence-electron chi connectivity index (χ3n) is 3.49. The van der Waals surface area contributed by atoms with Gasteiger partial charge in [-0.3, -0.25) is 4.79 Å². The molecule has 1 aliphatic heterocycles. The molecule has 0 amide bonds. The molecule has 1 heterocycles. The van der Waals surface area contributed by atoms with Crippen molar-refractivity contribution >= 4 is 17.5 Å². The van der Waals surface area contributed by atoms with Gasteiger partial charge in [0.15, 0.2) is 17.3 Å². The molecule has 0 N–H and O–H groups in total. The number of benzene rings is 2. The highest BCUT2D eigenvalue weighted by atomic mass is 16.7. The van der Waals surface area contributed by atoms with E-state index in [1.165, 1.54) is 0 Å². The zero-order valence-corrected chi connectivity index (χ0v) is 12.6. The molecule has 0 unspecified atom stereocenters. The van der Waals surface area contributed by atoms with E-state index in [0.717, 1.165) is 17.0 Å². The van der Waals surface area contributed by atoms with Gasteiger partial charge in [0, 0.05) is 25.3 Å². The molecule has 4 heteroatoms. The molecule has 0 atom stereocenters. The molecule has 0 radical (unpaired) electrons. The molecule has 0 aromatic heterocycles. The lowest BCUT2D eigenvalue weighted by atomic mass is 10.1. The van der Waals surface area contributed by atoms with Crippen molar-refractivity contribution in [2.75, 3.05) is 25.8 Å². The predicted molar refractivity (Wildman–Crippen MR) is 86.7 cm³/mol. The van der Waals surface area contributed by atoms with E-state index >= 15 is 0 Å². The first-order valence-electron chi connectivity index (χ1n) is 7.03. The highest BCUT2D eigenvalue weighted by Gasteiger charge is 2.12. The molecule has 2 aromatic carbocycles. The summed E-state index contributed by atoms with van der Waals surface area (Å²) in [6, 6.07) is 13.1. The molecule has 0 fully saturated rings. The Morgan fingerprint density at radius 1 is 1.05 bits per heavy atom. The van der Waals surface area contributed by atoms with Gasteiger partial charge in [-0.05, 0) is 48.0 Å². The maximum atomic E-state index is 12.2. The highest BCUT2D eigenvalue weighted by molar-refractivity contribution is 6.07. The number of hydrogen-bond acceptors (Lipinski definition) is 4. The van der Waals surface area contributed by atoms with Crippen LogP contribution in [0, 0.1) is 0 Å². The number of fused-ring (bicyclic) bond motifs is 1. The van der Waals surface area contributed by atoms with Crippen molar-refractivity contribution in [2.45, 2.75) is 0 Å². The van der Waals surface area contributed by atoms with Gasteiger partial charge in [-0.15, -0.1) is 0 Å². The topological polar surface area (TPSA) is 38.8 Å². The third-order valence-corrected chi connectivity index (χ3v) is 3.49. The maximum absolute atomic E-state index is 12.2. The number of hydrogen-bond donors (Lipinski definition) is 0. The number of ketones is 1. The summed E-state index contributed by atoms with van der Waals surface area (Å²) in [6.07, 6.45) is 3.35. The average molecular weight is 295 g/mol. The van der Waals surface area contributed by atoms with Crippen LogP contribution in [0.3, 0.4) is 0 Å². The second-order valence-electron chi connectivity index (χ2n) is 5.25. The van der Waals surface area contributed by atoms with E-state index in [1.54, 1.807) is 12.2 Å². The first kappa shape index (κ1) is 14.2. The van der Waals surface area contributed by atoms with E-state index in [9.17, 15) is 4.79 Å². The van der Waals surface area contributed by atoms with E-state index < -0.39 is 0 Å². The minimum atomic E-state index is -0.0250. The second kappa shape index (κ2) is 5.93. The molecule has 0 saturated heterocycles. The molecule has 4 nitrogen and oxygen atoms in total. The number of ether oxygens (including phenoxy) is 2. The van der Waals surface area contributed by atoms with Crippen molar-refractivity contribution in [2.24, 2.45) is 0 Å². The van der Waals surface area contributed by atoms with Gasteiger partial charge in [0.1, 0.15) is 0 Å². The van der Waals surface area contributed by atoms with Crippen molar-refractivity contribution in [1.29, 1.82) is 0 Å². The van der Waals surface area contributed by atoms with Gasteiger partial charge in [0.25, 0.3) is 0 Å². The zero-order chi connectivity index (χ0) is 15.5. The Hall–Kier alpha value is -2.75. The number of carbonyl (C=O) groups is 1. The van der Waals surface area contributed by atoms with Crippen molar-refractivity contribution in [3.05, 3.63) is 59.7 Å². The van der Waals surface area contributed by atoms with Gasteiger partial charge >= 0.3 is 0 Å². The summed E-state index contributed by atoms with van der Waals surface area (Å²) in [4.78, 5) is 14.2. The number of carbonyl (C=O) groups excluding carboxylic acids is 1. The summed E-state index contributed by atoms with van der Waals surface area (Å²) in [7, 11) is 3.94. The van der Waals surface area contributed by atoms with Gasteiger partial charge in [0.05, 0.1) is 0 Å². The summed E-state index contributed by atoms with van der Waals surface area (Å²) in [6.45, 7) is 0.250. The van der Waals surface area contributed by atoms with Crippen LogP contribution in [0.1, 0.15) is 15.9 Å². The average Bonchev–Trinajstić information content (AvgIpc) is 3.00. The van der Waals surface area contributed by atoms with Gasteiger partial charge < -0.3 is 14.4 Å². The smallest absolute Gasteiger partial charge is 0.231 e. The Morgan fingerprint density at radius 3 is 2.50 bits per heavy atom. The second-order valence-corrected chi connectivity index (χ2v) is 5.25. The Balaban J connectivity index is 1.73. The van der Waals surface area contributed by atoms with Crippen LogP contribution in [0.4, 0.5) is 5.69 Å². The first-order chi connectivity index (χ1) is 10.6. The summed E-state index contributed by atoms with van der Waals surface area (Å²) < 4.78 is 10.6. The van der Waals surface area contributed by atoms with Crippen LogP contribution in [-0.4, -0.2) is 26.7 Å². The molecule has 1 aliphatic rings. The molecule has 112 valence electrons. The third kappa shape index (κ3) is 2.96. The van der Waals surface area contributed by atoms with Gasteiger partial charge in [-0.2, -0.15) is 0 Å². The molecule has 0 saturated carbocycles. The number of nitrogens with zero attached hydrogens (tertiary/aromatic N) is 1. The Morgan fingerprint density at radius 2 is 1.77 bits per heavy atom. The SMILES string of the molecule is CN(C)c1ccc(C(=O)/C=C/c2ccc3c(c2)OCO3)cc1. The summed E-state index contributed by atoms with van der Waals surface area (Å²) in [5, 5.41) is 0. The maximum Gasteiger partial charge on any atom is 0.231 e. The van der Waals surface area contributed by atoms with Gasteiger partial charge in [-0.1, -0.05) is 12.1 Å². The van der Waals surface area contributed by atoms with Crippen LogP contribution < -0.4 is 14.4 Å². The van der Waals surface area contributed by atoms with E-state index in [-0.39, 0.29) is 12.6 Å². The first-order valence-corrected chi connectivity index (χ1v) is 7.03. The van der Waals surface area contributed by atoms with Gasteiger partial charge in [-0.25, -0.2) is 0 Å². The monoisotopic (exact) mass is 295 g/mol. The summed E-state index contributed by atoms with van der Waals surface area (Å²) in [5.74, 6) is 1.43. The van der Waals surface area contributed by atoms with Crippen molar-refractivity contribution in [3.8, 4) is 11.5 Å². The van der Waals surface area contributed by atoms with Crippen molar-refractivity contribution in [1.82, 2.24) is 0 Å². The Kier molecular flexibility index (Phi) is 3.83. The van der Waals surface area contributed by atoms with Crippen LogP contribution in [0.25, 0.3) is 6.08 Å². The molecule has 22 heavy (non-hydrogen) atoms. The molecule has 0 aliphatic carbocycles. The number of allylic oxidation sites excluding steroid dienone is 1. The van der Waals surface area contributed by atoms with Crippen LogP contribution >= 0.6 is 0 Å². The predicted octanol–water partition coefficient (Wildman–Crippen LogP) is 3.38. The molecular weight excluding hydrogens is 278 g/mol. The Bertz CT molecular complexity index is 718. The fourth-order valence-electron chi connectivity index (χ4n) is 2.21. The fourth-order valence-corrected chi connectivity index (χ4v) is 2.21. The van der Waals surface area contributed by atoms with E-state index in [4.69, 9.17) is 9.47 Å². The highest BCUT2D eigenvalue weighted by Crippen LogP contribution is 2.32. The fraction of sp³-hybridized carbons (Fsp3) is 0.167. The zero-order valence-electron chi connectivity index (χ0n) is 12.6. The number of anilines is 1. The standard InChI is InChI=1S/C18H17NO3/c1-19(2)15-7-5-14(6-8-15)16(20)9-3-13-4-10-17-18(11-13)22-12-21-17/h3-11H,12H2,1-2H3/b9-3+. The minimum Gasteiger partial charge on any atom is -0.454 e. The van der Waals surface area contributed by atoms with Crippen LogP contribution in [-0.2, 0) is 0 Å². The normalized spacial score (nSPS) is 12.6. The van der Waals surface area contributed by atoms with Crippen LogP contribution in [0.15, 0.2) is 48.5 Å². The largest absolute Gasteiger partial charge is 0.454 e. The van der Waals surface area contributed by atoms with E-state index in [1.807, 2.05) is 61.5 Å². The quantitative estimate of drug-likeness (QED) is 0.640. The molecular formula is C18H17NO3. The number of rotatable bonds is 4. The van der Waals surface area contributed by atoms with Gasteiger partial charge in [0.2, 0.25) is 6.79 Å². The van der Waals surface area contributed by atoms with E-state index in [0.29, 0.717) is 11.3 Å². The lowest BCUT2D eigenvalue weighted by Crippen LogP contribution is -2.08. The van der Waals surface area contributed by atoms with Crippen LogP contribution in [0.2, 0.25) is 0 Å². The summed E-state index contributed by atoms with van der Waals surface area (Å²) >= 11 is 0. The lowest BCUT2D eigenvalue weighted by molar-refractivity contribution is 0.104. The van der Waals surface area contributed by atoms with Crippen molar-refractivity contribution < 1.29 is 14.3 Å². The van der Waals surface area contributed by atoms with Crippen LogP contribution in [0.5, 0.6) is 11.5 Å². The van der Waals surface area contributed by atoms with Crippen molar-refractivity contribution in [3.63, 3.8) is 0 Å². The lowest BCUT2D eigenvalue weighted by Gasteiger charge is -2.11. The molecule has 0 spiro atoms. The molecule has 3 rings (SSSR count). The Labute approximate surface area is 129 Å². The molecule has 0 bridgehead atoms. The minimum absolute atomic E-state index is 0.0250.